The van der Waals surface area contributed by atoms with Crippen LogP contribution in [0.15, 0.2) is 46.3 Å². The zero-order valence-electron chi connectivity index (χ0n) is 24.3. The van der Waals surface area contributed by atoms with Gasteiger partial charge >= 0.3 is 6.03 Å². The summed E-state index contributed by atoms with van der Waals surface area (Å²) in [5, 5.41) is 4.40. The first-order valence-electron chi connectivity index (χ1n) is 14.8. The molecule has 0 bridgehead atoms. The van der Waals surface area contributed by atoms with Crippen molar-refractivity contribution in [2.75, 3.05) is 45.2 Å². The summed E-state index contributed by atoms with van der Waals surface area (Å²) < 4.78 is 28.9. The number of carbonyl (C=O) groups excluding carboxylic acids is 1. The number of guanidine groups is 1. The van der Waals surface area contributed by atoms with Crippen molar-refractivity contribution in [3.63, 3.8) is 0 Å². The maximum Gasteiger partial charge on any atom is 0.324 e. The van der Waals surface area contributed by atoms with Crippen LogP contribution in [0.1, 0.15) is 77.0 Å². The molecule has 4 N–H and O–H groups in total. The maximum absolute atomic E-state index is 13.1. The predicted molar refractivity (Wildman–Crippen MR) is 165 cm³/mol. The lowest BCUT2D eigenvalue weighted by molar-refractivity contribution is 0.200. The standard InChI is InChI=1S/C30H48N6O3S/c1-35(2)27-19-15-18-26-25(27)17-16-20-28(26)40(38,39)33-22-12-8-4-6-10-14-24-36-23-13-9-5-3-7-11-21-32-29(31)34-30(36)37/h15-20,33H,3-14,21-24H2,1-2H3,(H3,31,32,34,37). The van der Waals surface area contributed by atoms with Gasteiger partial charge in [-0.05, 0) is 37.8 Å². The Morgan fingerprint density at radius 1 is 0.900 bits per heavy atom. The Labute approximate surface area is 240 Å². The van der Waals surface area contributed by atoms with E-state index in [2.05, 4.69) is 15.0 Å². The average molecular weight is 573 g/mol. The number of aliphatic imine (C=N–C) groups is 1. The van der Waals surface area contributed by atoms with Gasteiger partial charge in [0.25, 0.3) is 0 Å². The zero-order chi connectivity index (χ0) is 28.8. The number of sulfonamides is 1. The number of rotatable bonds is 12. The molecule has 3 rings (SSSR count). The number of amides is 2. The molecule has 1 heterocycles. The molecule has 0 aromatic heterocycles. The summed E-state index contributed by atoms with van der Waals surface area (Å²) in [6.07, 6.45) is 12.5. The molecule has 0 saturated heterocycles. The lowest BCUT2D eigenvalue weighted by Gasteiger charge is -2.23. The molecule has 40 heavy (non-hydrogen) atoms. The molecule has 0 saturated carbocycles. The van der Waals surface area contributed by atoms with E-state index >= 15 is 0 Å². The van der Waals surface area contributed by atoms with Crippen LogP contribution in [0, 0.1) is 0 Å². The van der Waals surface area contributed by atoms with Gasteiger partial charge in [0.05, 0.1) is 4.90 Å². The van der Waals surface area contributed by atoms with Crippen LogP contribution in [0.4, 0.5) is 10.5 Å². The summed E-state index contributed by atoms with van der Waals surface area (Å²) >= 11 is 0. The normalized spacial score (nSPS) is 16.0. The van der Waals surface area contributed by atoms with E-state index in [-0.39, 0.29) is 12.0 Å². The van der Waals surface area contributed by atoms with E-state index in [1.165, 1.54) is 12.8 Å². The topological polar surface area (TPSA) is 120 Å². The molecule has 2 aromatic rings. The molecule has 2 amide bonds. The second-order valence-corrected chi connectivity index (χ2v) is 12.6. The van der Waals surface area contributed by atoms with Crippen LogP contribution in [-0.2, 0) is 10.0 Å². The van der Waals surface area contributed by atoms with Crippen molar-refractivity contribution in [1.29, 1.82) is 0 Å². The quantitative estimate of drug-likeness (QED) is 0.302. The molecule has 0 fully saturated rings. The molecule has 0 radical (unpaired) electrons. The number of hydrogen-bond donors (Lipinski definition) is 3. The first-order chi connectivity index (χ1) is 19.3. The largest absolute Gasteiger partial charge is 0.377 e. The average Bonchev–Trinajstić information content (AvgIpc) is 2.94. The van der Waals surface area contributed by atoms with Gasteiger partial charge in [0.2, 0.25) is 10.0 Å². The number of unbranched alkanes of at least 4 members (excludes halogenated alkanes) is 5. The second-order valence-electron chi connectivity index (χ2n) is 10.8. The van der Waals surface area contributed by atoms with Gasteiger partial charge in [-0.3, -0.25) is 10.3 Å². The van der Waals surface area contributed by atoms with Crippen molar-refractivity contribution < 1.29 is 13.2 Å². The minimum atomic E-state index is -3.60. The van der Waals surface area contributed by atoms with Gasteiger partial charge in [-0.15, -0.1) is 0 Å². The number of nitrogens with one attached hydrogen (secondary N) is 2. The van der Waals surface area contributed by atoms with Crippen molar-refractivity contribution in [2.24, 2.45) is 10.7 Å². The van der Waals surface area contributed by atoms with Crippen LogP contribution >= 0.6 is 0 Å². The molecule has 1 aliphatic heterocycles. The lowest BCUT2D eigenvalue weighted by atomic mass is 10.1. The fourth-order valence-corrected chi connectivity index (χ4v) is 6.47. The van der Waals surface area contributed by atoms with E-state index in [1.807, 2.05) is 48.2 Å². The van der Waals surface area contributed by atoms with Crippen molar-refractivity contribution in [1.82, 2.24) is 14.9 Å². The Balaban J connectivity index is 1.37. The summed E-state index contributed by atoms with van der Waals surface area (Å²) in [5.74, 6) is 0.212. The fraction of sp³-hybridized carbons (Fsp3) is 0.600. The second kappa shape index (κ2) is 16.4. The maximum atomic E-state index is 13.1. The number of urea groups is 1. The molecular formula is C30H48N6O3S. The number of fused-ring (bicyclic) bond motifs is 1. The number of nitrogens with zero attached hydrogens (tertiary/aromatic N) is 3. The Bertz CT molecular complexity index is 1220. The number of benzene rings is 2. The van der Waals surface area contributed by atoms with Gasteiger partial charge in [0, 0.05) is 56.7 Å². The Morgan fingerprint density at radius 2 is 1.55 bits per heavy atom. The molecule has 9 nitrogen and oxygen atoms in total. The third-order valence-electron chi connectivity index (χ3n) is 7.42. The summed E-state index contributed by atoms with van der Waals surface area (Å²) in [7, 11) is 0.314. The highest BCUT2D eigenvalue weighted by Crippen LogP contribution is 2.30. The minimum Gasteiger partial charge on any atom is -0.377 e. The Kier molecular flexibility index (Phi) is 13.0. The summed E-state index contributed by atoms with van der Waals surface area (Å²) in [5.41, 5.74) is 6.88. The van der Waals surface area contributed by atoms with E-state index in [0.717, 1.165) is 87.2 Å². The highest BCUT2D eigenvalue weighted by atomic mass is 32.2. The highest BCUT2D eigenvalue weighted by molar-refractivity contribution is 7.89. The molecule has 0 unspecified atom stereocenters. The predicted octanol–water partition coefficient (Wildman–Crippen LogP) is 5.21. The zero-order valence-corrected chi connectivity index (χ0v) is 25.1. The number of nitrogens with two attached hydrogens (primary N) is 1. The summed E-state index contributed by atoms with van der Waals surface area (Å²) in [4.78, 5) is 21.1. The Morgan fingerprint density at radius 3 is 2.33 bits per heavy atom. The smallest absolute Gasteiger partial charge is 0.324 e. The van der Waals surface area contributed by atoms with E-state index in [4.69, 9.17) is 5.73 Å². The molecule has 2 aromatic carbocycles. The van der Waals surface area contributed by atoms with Crippen LogP contribution in [0.3, 0.4) is 0 Å². The van der Waals surface area contributed by atoms with E-state index in [0.29, 0.717) is 24.5 Å². The molecule has 0 spiro atoms. The molecule has 10 heteroatoms. The van der Waals surface area contributed by atoms with Crippen molar-refractivity contribution in [3.05, 3.63) is 36.4 Å². The monoisotopic (exact) mass is 572 g/mol. The van der Waals surface area contributed by atoms with Crippen LogP contribution in [-0.4, -0.2) is 65.6 Å². The Hall–Kier alpha value is -2.85. The molecular weight excluding hydrogens is 524 g/mol. The number of carbonyl (C=O) groups is 1. The third kappa shape index (κ3) is 9.96. The first-order valence-corrected chi connectivity index (χ1v) is 16.3. The highest BCUT2D eigenvalue weighted by Gasteiger charge is 2.18. The van der Waals surface area contributed by atoms with Crippen molar-refractivity contribution in [2.45, 2.75) is 81.9 Å². The molecule has 222 valence electrons. The van der Waals surface area contributed by atoms with Crippen molar-refractivity contribution >= 4 is 38.5 Å². The van der Waals surface area contributed by atoms with Crippen LogP contribution in [0.25, 0.3) is 10.8 Å². The van der Waals surface area contributed by atoms with Gasteiger partial charge < -0.3 is 15.5 Å². The van der Waals surface area contributed by atoms with Gasteiger partial charge in [-0.2, -0.15) is 0 Å². The van der Waals surface area contributed by atoms with E-state index in [1.54, 1.807) is 12.1 Å². The third-order valence-corrected chi connectivity index (χ3v) is 8.94. The molecule has 0 aliphatic carbocycles. The van der Waals surface area contributed by atoms with Gasteiger partial charge in [-0.25, -0.2) is 17.9 Å². The minimum absolute atomic E-state index is 0.156. The number of hydrogen-bond acceptors (Lipinski definition) is 6. The molecule has 1 aliphatic rings. The van der Waals surface area contributed by atoms with E-state index < -0.39 is 10.0 Å². The lowest BCUT2D eigenvalue weighted by Crippen LogP contribution is -2.46. The van der Waals surface area contributed by atoms with Crippen molar-refractivity contribution in [3.8, 4) is 0 Å². The molecule has 0 atom stereocenters. The van der Waals surface area contributed by atoms with Gasteiger partial charge in [-0.1, -0.05) is 75.6 Å². The SMILES string of the molecule is CN(C)c1cccc2c(S(=O)(=O)NCCCCCCCCN3CCCCCCCCN=C(N)NC3=O)cccc12. The van der Waals surface area contributed by atoms with Gasteiger partial charge in [0.1, 0.15) is 0 Å². The number of anilines is 1. The van der Waals surface area contributed by atoms with Crippen LogP contribution in [0.2, 0.25) is 0 Å². The van der Waals surface area contributed by atoms with E-state index in [9.17, 15) is 13.2 Å². The van der Waals surface area contributed by atoms with Gasteiger partial charge in [0.15, 0.2) is 5.96 Å². The van der Waals surface area contributed by atoms with Crippen LogP contribution < -0.4 is 20.7 Å². The summed E-state index contributed by atoms with van der Waals surface area (Å²) in [6.45, 7) is 2.53. The van der Waals surface area contributed by atoms with Crippen LogP contribution in [0.5, 0.6) is 0 Å². The first kappa shape index (κ1) is 31.7. The fourth-order valence-electron chi connectivity index (χ4n) is 5.17. The summed E-state index contributed by atoms with van der Waals surface area (Å²) in [6, 6.07) is 11.0.